The summed E-state index contributed by atoms with van der Waals surface area (Å²) < 4.78 is 10.2. The fourth-order valence-corrected chi connectivity index (χ4v) is 1.76. The number of rotatable bonds is 4. The zero-order valence-electron chi connectivity index (χ0n) is 11.5. The summed E-state index contributed by atoms with van der Waals surface area (Å²) in [6, 6.07) is 11.8. The maximum absolute atomic E-state index is 11.7. The van der Waals surface area contributed by atoms with E-state index < -0.39 is 10.9 Å². The number of para-hydroxylation sites is 1. The zero-order valence-corrected chi connectivity index (χ0v) is 11.5. The standard InChI is InChI=1S/C15H10N2O5/c1-21-15(18)12-4-2-3-5-14(12)22-13-7-6-11(17(19)20)8-10(13)9-16/h2-8H,1H3. The van der Waals surface area contributed by atoms with E-state index in [-0.39, 0.29) is 28.3 Å². The Balaban J connectivity index is 2.42. The summed E-state index contributed by atoms with van der Waals surface area (Å²) in [5.41, 5.74) is -0.0359. The van der Waals surface area contributed by atoms with E-state index in [0.717, 1.165) is 6.07 Å². The van der Waals surface area contributed by atoms with Gasteiger partial charge in [0.25, 0.3) is 5.69 Å². The minimum atomic E-state index is -0.604. The molecule has 0 aliphatic rings. The quantitative estimate of drug-likeness (QED) is 0.488. The van der Waals surface area contributed by atoms with Crippen LogP contribution in [0.3, 0.4) is 0 Å². The molecule has 7 nitrogen and oxygen atoms in total. The topological polar surface area (TPSA) is 102 Å². The maximum Gasteiger partial charge on any atom is 0.341 e. The van der Waals surface area contributed by atoms with Gasteiger partial charge < -0.3 is 9.47 Å². The summed E-state index contributed by atoms with van der Waals surface area (Å²) in [5.74, 6) is -0.278. The molecule has 0 heterocycles. The van der Waals surface area contributed by atoms with Crippen LogP contribution in [0.25, 0.3) is 0 Å². The fraction of sp³-hybridized carbons (Fsp3) is 0.0667. The molecule has 0 aliphatic heterocycles. The first-order chi connectivity index (χ1) is 10.6. The van der Waals surface area contributed by atoms with E-state index in [1.165, 1.54) is 31.4 Å². The van der Waals surface area contributed by atoms with Crippen molar-refractivity contribution in [1.82, 2.24) is 0 Å². The molecule has 0 saturated carbocycles. The van der Waals surface area contributed by atoms with Gasteiger partial charge in [-0.1, -0.05) is 12.1 Å². The average molecular weight is 298 g/mol. The SMILES string of the molecule is COC(=O)c1ccccc1Oc1ccc([N+](=O)[O-])cc1C#N. The van der Waals surface area contributed by atoms with Crippen molar-refractivity contribution < 1.29 is 19.2 Å². The lowest BCUT2D eigenvalue weighted by molar-refractivity contribution is -0.384. The lowest BCUT2D eigenvalue weighted by Gasteiger charge is -2.10. The number of nitro groups is 1. The van der Waals surface area contributed by atoms with Crippen LogP contribution in [0.15, 0.2) is 42.5 Å². The summed E-state index contributed by atoms with van der Waals surface area (Å²) in [4.78, 5) is 21.8. The fourth-order valence-electron chi connectivity index (χ4n) is 1.76. The number of esters is 1. The zero-order chi connectivity index (χ0) is 16.1. The molecular weight excluding hydrogens is 288 g/mol. The number of nitrogens with zero attached hydrogens (tertiary/aromatic N) is 2. The van der Waals surface area contributed by atoms with E-state index >= 15 is 0 Å². The Morgan fingerprint density at radius 2 is 1.95 bits per heavy atom. The van der Waals surface area contributed by atoms with Gasteiger partial charge in [-0.3, -0.25) is 10.1 Å². The van der Waals surface area contributed by atoms with Gasteiger partial charge in [0, 0.05) is 12.1 Å². The van der Waals surface area contributed by atoms with Crippen molar-refractivity contribution in [3.63, 3.8) is 0 Å². The molecule has 0 spiro atoms. The first-order valence-electron chi connectivity index (χ1n) is 6.10. The number of hydrogen-bond donors (Lipinski definition) is 0. The van der Waals surface area contributed by atoms with E-state index in [1.807, 2.05) is 6.07 Å². The number of nitro benzene ring substituents is 1. The van der Waals surface area contributed by atoms with Crippen molar-refractivity contribution in [2.45, 2.75) is 0 Å². The van der Waals surface area contributed by atoms with Gasteiger partial charge in [0.15, 0.2) is 0 Å². The second-order valence-electron chi connectivity index (χ2n) is 4.14. The molecule has 0 unspecified atom stereocenters. The molecule has 0 N–H and O–H groups in total. The Hall–Kier alpha value is -3.40. The highest BCUT2D eigenvalue weighted by Crippen LogP contribution is 2.30. The number of ether oxygens (including phenoxy) is 2. The monoisotopic (exact) mass is 298 g/mol. The van der Waals surface area contributed by atoms with Crippen LogP contribution in [0.2, 0.25) is 0 Å². The third-order valence-electron chi connectivity index (χ3n) is 2.81. The maximum atomic E-state index is 11.7. The van der Waals surface area contributed by atoms with Crippen molar-refractivity contribution in [3.8, 4) is 17.6 Å². The van der Waals surface area contributed by atoms with Gasteiger partial charge >= 0.3 is 5.97 Å². The number of carbonyl (C=O) groups excluding carboxylic acids is 1. The summed E-state index contributed by atoms with van der Waals surface area (Å²) in [5, 5.41) is 19.8. The van der Waals surface area contributed by atoms with E-state index in [1.54, 1.807) is 12.1 Å². The molecule has 0 bridgehead atoms. The number of nitriles is 1. The van der Waals surface area contributed by atoms with E-state index in [4.69, 9.17) is 10.00 Å². The van der Waals surface area contributed by atoms with Crippen LogP contribution < -0.4 is 4.74 Å². The molecule has 0 aliphatic carbocycles. The Kier molecular flexibility index (Phi) is 4.34. The molecule has 0 saturated heterocycles. The summed E-state index contributed by atoms with van der Waals surface area (Å²) >= 11 is 0. The van der Waals surface area contributed by atoms with Crippen molar-refractivity contribution in [1.29, 1.82) is 5.26 Å². The molecule has 7 heteroatoms. The Bertz CT molecular complexity index is 780. The van der Waals surface area contributed by atoms with E-state index in [2.05, 4.69) is 4.74 Å². The molecule has 2 aromatic carbocycles. The lowest BCUT2D eigenvalue weighted by Crippen LogP contribution is -2.03. The number of methoxy groups -OCH3 is 1. The van der Waals surface area contributed by atoms with Crippen molar-refractivity contribution in [2.75, 3.05) is 7.11 Å². The second kappa shape index (κ2) is 6.37. The van der Waals surface area contributed by atoms with Crippen LogP contribution >= 0.6 is 0 Å². The molecule has 0 atom stereocenters. The molecule has 2 rings (SSSR count). The highest BCUT2D eigenvalue weighted by atomic mass is 16.6. The highest BCUT2D eigenvalue weighted by molar-refractivity contribution is 5.92. The minimum Gasteiger partial charge on any atom is -0.465 e. The van der Waals surface area contributed by atoms with Gasteiger partial charge in [-0.25, -0.2) is 4.79 Å². The summed E-state index contributed by atoms with van der Waals surface area (Å²) in [6.45, 7) is 0. The molecule has 0 aromatic heterocycles. The molecular formula is C15H10N2O5. The van der Waals surface area contributed by atoms with Crippen LogP contribution in [0.1, 0.15) is 15.9 Å². The molecule has 110 valence electrons. The highest BCUT2D eigenvalue weighted by Gasteiger charge is 2.16. The van der Waals surface area contributed by atoms with Gasteiger partial charge in [-0.2, -0.15) is 5.26 Å². The summed E-state index contributed by atoms with van der Waals surface area (Å²) in [6.07, 6.45) is 0. The third-order valence-corrected chi connectivity index (χ3v) is 2.81. The lowest BCUT2D eigenvalue weighted by atomic mass is 10.1. The average Bonchev–Trinajstić information content (AvgIpc) is 2.54. The summed E-state index contributed by atoms with van der Waals surface area (Å²) in [7, 11) is 1.24. The number of non-ortho nitro benzene ring substituents is 1. The van der Waals surface area contributed by atoms with Crippen LogP contribution in [0.4, 0.5) is 5.69 Å². The number of hydrogen-bond acceptors (Lipinski definition) is 6. The number of carbonyl (C=O) groups is 1. The van der Waals surface area contributed by atoms with E-state index in [9.17, 15) is 14.9 Å². The van der Waals surface area contributed by atoms with Crippen LogP contribution in [0.5, 0.6) is 11.5 Å². The largest absolute Gasteiger partial charge is 0.465 e. The third kappa shape index (κ3) is 3.02. The van der Waals surface area contributed by atoms with Gasteiger partial charge in [-0.05, 0) is 18.2 Å². The smallest absolute Gasteiger partial charge is 0.341 e. The first-order valence-corrected chi connectivity index (χ1v) is 6.10. The number of benzene rings is 2. The molecule has 2 aromatic rings. The Labute approximate surface area is 125 Å². The normalized spacial score (nSPS) is 9.64. The predicted octanol–water partition coefficient (Wildman–Crippen LogP) is 3.05. The minimum absolute atomic E-state index is 0.00568. The molecule has 0 radical (unpaired) electrons. The molecule has 22 heavy (non-hydrogen) atoms. The second-order valence-corrected chi connectivity index (χ2v) is 4.14. The Morgan fingerprint density at radius 1 is 1.23 bits per heavy atom. The van der Waals surface area contributed by atoms with Gasteiger partial charge in [0.2, 0.25) is 0 Å². The van der Waals surface area contributed by atoms with Gasteiger partial charge in [-0.15, -0.1) is 0 Å². The van der Waals surface area contributed by atoms with Gasteiger partial charge in [0.1, 0.15) is 28.7 Å². The first kappa shape index (κ1) is 15.0. The van der Waals surface area contributed by atoms with Crippen molar-refractivity contribution in [3.05, 3.63) is 63.7 Å². The van der Waals surface area contributed by atoms with Crippen LogP contribution in [-0.4, -0.2) is 18.0 Å². The molecule has 0 fully saturated rings. The van der Waals surface area contributed by atoms with Crippen molar-refractivity contribution in [2.24, 2.45) is 0 Å². The van der Waals surface area contributed by atoms with E-state index in [0.29, 0.717) is 0 Å². The Morgan fingerprint density at radius 3 is 2.59 bits per heavy atom. The predicted molar refractivity (Wildman–Crippen MR) is 75.7 cm³/mol. The van der Waals surface area contributed by atoms with Crippen molar-refractivity contribution >= 4 is 11.7 Å². The van der Waals surface area contributed by atoms with Gasteiger partial charge in [0.05, 0.1) is 12.0 Å². The molecule has 0 amide bonds. The van der Waals surface area contributed by atoms with Crippen LogP contribution in [-0.2, 0) is 4.74 Å². The van der Waals surface area contributed by atoms with Crippen LogP contribution in [0, 0.1) is 21.4 Å².